The van der Waals surface area contributed by atoms with E-state index in [1.54, 1.807) is 0 Å². The summed E-state index contributed by atoms with van der Waals surface area (Å²) in [5, 5.41) is 6.48. The maximum absolute atomic E-state index is 11.8. The second-order valence-electron chi connectivity index (χ2n) is 5.41. The van der Waals surface area contributed by atoms with Crippen molar-refractivity contribution in [3.05, 3.63) is 0 Å². The lowest BCUT2D eigenvalue weighted by Gasteiger charge is -2.30. The van der Waals surface area contributed by atoms with Gasteiger partial charge in [-0.3, -0.25) is 4.79 Å². The van der Waals surface area contributed by atoms with Crippen LogP contribution in [0.2, 0.25) is 0 Å². The highest BCUT2D eigenvalue weighted by Crippen LogP contribution is 2.18. The average molecular weight is 240 g/mol. The van der Waals surface area contributed by atoms with Crippen molar-refractivity contribution in [3.63, 3.8) is 0 Å². The number of ether oxygens (including phenoxy) is 1. The Morgan fingerprint density at radius 3 is 3.06 bits per heavy atom. The molecule has 17 heavy (non-hydrogen) atoms. The summed E-state index contributed by atoms with van der Waals surface area (Å²) in [6, 6.07) is 0.316. The third kappa shape index (κ3) is 3.96. The van der Waals surface area contributed by atoms with Crippen LogP contribution in [0.25, 0.3) is 0 Å². The first-order chi connectivity index (χ1) is 8.25. The molecule has 4 nitrogen and oxygen atoms in total. The molecule has 3 atom stereocenters. The van der Waals surface area contributed by atoms with E-state index in [0.717, 1.165) is 45.6 Å². The first kappa shape index (κ1) is 12.8. The Balaban J connectivity index is 1.65. The van der Waals surface area contributed by atoms with E-state index in [1.807, 2.05) is 0 Å². The van der Waals surface area contributed by atoms with E-state index in [1.165, 1.54) is 0 Å². The Labute approximate surface area is 103 Å². The standard InChI is InChI=1S/C13H24N2O2/c1-10-4-6-14-8-12(10)15-13(16)3-2-11-5-7-17-9-11/h10-12,14H,2-9H2,1H3,(H,15,16). The predicted molar refractivity (Wildman–Crippen MR) is 66.7 cm³/mol. The predicted octanol–water partition coefficient (Wildman–Crippen LogP) is 0.917. The van der Waals surface area contributed by atoms with E-state index in [0.29, 0.717) is 24.3 Å². The van der Waals surface area contributed by atoms with Crippen LogP contribution in [-0.2, 0) is 9.53 Å². The number of piperidine rings is 1. The average Bonchev–Trinajstić information content (AvgIpc) is 2.82. The van der Waals surface area contributed by atoms with Crippen LogP contribution in [0.5, 0.6) is 0 Å². The second-order valence-corrected chi connectivity index (χ2v) is 5.41. The van der Waals surface area contributed by atoms with Crippen LogP contribution < -0.4 is 10.6 Å². The van der Waals surface area contributed by atoms with Crippen LogP contribution in [0.1, 0.15) is 32.6 Å². The molecule has 2 fully saturated rings. The number of carbonyl (C=O) groups is 1. The molecule has 4 heteroatoms. The van der Waals surface area contributed by atoms with Crippen molar-refractivity contribution >= 4 is 5.91 Å². The lowest BCUT2D eigenvalue weighted by Crippen LogP contribution is -2.50. The van der Waals surface area contributed by atoms with Crippen molar-refractivity contribution in [2.24, 2.45) is 11.8 Å². The van der Waals surface area contributed by atoms with E-state index in [2.05, 4.69) is 17.6 Å². The summed E-state index contributed by atoms with van der Waals surface area (Å²) >= 11 is 0. The van der Waals surface area contributed by atoms with Crippen LogP contribution in [0, 0.1) is 11.8 Å². The molecule has 0 aromatic carbocycles. The molecule has 3 unspecified atom stereocenters. The lowest BCUT2D eigenvalue weighted by molar-refractivity contribution is -0.122. The summed E-state index contributed by atoms with van der Waals surface area (Å²) in [5.74, 6) is 1.40. The number of hydrogen-bond acceptors (Lipinski definition) is 3. The Bertz CT molecular complexity index is 252. The van der Waals surface area contributed by atoms with Crippen molar-refractivity contribution in [1.82, 2.24) is 10.6 Å². The number of nitrogens with one attached hydrogen (secondary N) is 2. The number of amides is 1. The fourth-order valence-electron chi connectivity index (χ4n) is 2.61. The van der Waals surface area contributed by atoms with Crippen molar-refractivity contribution in [3.8, 4) is 0 Å². The van der Waals surface area contributed by atoms with E-state index >= 15 is 0 Å². The zero-order valence-electron chi connectivity index (χ0n) is 10.7. The van der Waals surface area contributed by atoms with Gasteiger partial charge in [0.15, 0.2) is 0 Å². The Hall–Kier alpha value is -0.610. The van der Waals surface area contributed by atoms with Crippen LogP contribution in [0.4, 0.5) is 0 Å². The fraction of sp³-hybridized carbons (Fsp3) is 0.923. The molecule has 0 saturated carbocycles. The monoisotopic (exact) mass is 240 g/mol. The number of hydrogen-bond donors (Lipinski definition) is 2. The summed E-state index contributed by atoms with van der Waals surface area (Å²) in [7, 11) is 0. The van der Waals surface area contributed by atoms with E-state index in [4.69, 9.17) is 4.74 Å². The van der Waals surface area contributed by atoms with Crippen LogP contribution in [-0.4, -0.2) is 38.3 Å². The van der Waals surface area contributed by atoms with Gasteiger partial charge in [-0.1, -0.05) is 6.92 Å². The topological polar surface area (TPSA) is 50.4 Å². The highest BCUT2D eigenvalue weighted by Gasteiger charge is 2.23. The molecule has 1 amide bonds. The Morgan fingerprint density at radius 2 is 2.35 bits per heavy atom. The van der Waals surface area contributed by atoms with Gasteiger partial charge >= 0.3 is 0 Å². The molecule has 0 spiro atoms. The summed E-state index contributed by atoms with van der Waals surface area (Å²) in [6.07, 6.45) is 3.90. The quantitative estimate of drug-likeness (QED) is 0.768. The molecule has 0 radical (unpaired) electrons. The molecule has 0 aromatic rings. The van der Waals surface area contributed by atoms with Gasteiger partial charge in [-0.15, -0.1) is 0 Å². The van der Waals surface area contributed by atoms with Crippen molar-refractivity contribution in [1.29, 1.82) is 0 Å². The fourth-order valence-corrected chi connectivity index (χ4v) is 2.61. The summed E-state index contributed by atoms with van der Waals surface area (Å²) in [5.41, 5.74) is 0. The van der Waals surface area contributed by atoms with Crippen molar-refractivity contribution < 1.29 is 9.53 Å². The smallest absolute Gasteiger partial charge is 0.220 e. The third-order valence-corrected chi connectivity index (χ3v) is 3.98. The van der Waals surface area contributed by atoms with Gasteiger partial charge in [0, 0.05) is 32.2 Å². The first-order valence-electron chi connectivity index (χ1n) is 6.83. The third-order valence-electron chi connectivity index (χ3n) is 3.98. The largest absolute Gasteiger partial charge is 0.381 e. The van der Waals surface area contributed by atoms with Gasteiger partial charge in [0.25, 0.3) is 0 Å². The molecule has 0 aliphatic carbocycles. The SMILES string of the molecule is CC1CCNCC1NC(=O)CCC1CCOC1. The number of rotatable bonds is 4. The van der Waals surface area contributed by atoms with Gasteiger partial charge < -0.3 is 15.4 Å². The minimum absolute atomic E-state index is 0.206. The Kier molecular flexibility index (Phi) is 4.80. The van der Waals surface area contributed by atoms with E-state index < -0.39 is 0 Å². The van der Waals surface area contributed by atoms with E-state index in [-0.39, 0.29) is 5.91 Å². The van der Waals surface area contributed by atoms with Gasteiger partial charge in [0.2, 0.25) is 5.91 Å². The molecular weight excluding hydrogens is 216 g/mol. The lowest BCUT2D eigenvalue weighted by atomic mass is 9.94. The summed E-state index contributed by atoms with van der Waals surface area (Å²) in [4.78, 5) is 11.8. The van der Waals surface area contributed by atoms with Gasteiger partial charge in [-0.05, 0) is 37.6 Å². The van der Waals surface area contributed by atoms with Gasteiger partial charge in [-0.25, -0.2) is 0 Å². The van der Waals surface area contributed by atoms with Gasteiger partial charge in [-0.2, -0.15) is 0 Å². The number of carbonyl (C=O) groups excluding carboxylic acids is 1. The van der Waals surface area contributed by atoms with Crippen LogP contribution in [0.3, 0.4) is 0 Å². The van der Waals surface area contributed by atoms with Gasteiger partial charge in [0.05, 0.1) is 0 Å². The maximum Gasteiger partial charge on any atom is 0.220 e. The Morgan fingerprint density at radius 1 is 1.47 bits per heavy atom. The molecule has 0 aromatic heterocycles. The molecule has 2 aliphatic heterocycles. The van der Waals surface area contributed by atoms with Crippen molar-refractivity contribution in [2.75, 3.05) is 26.3 Å². The molecule has 2 aliphatic rings. The van der Waals surface area contributed by atoms with Crippen molar-refractivity contribution in [2.45, 2.75) is 38.6 Å². The maximum atomic E-state index is 11.8. The molecular formula is C13H24N2O2. The first-order valence-corrected chi connectivity index (χ1v) is 6.83. The van der Waals surface area contributed by atoms with Crippen LogP contribution in [0.15, 0.2) is 0 Å². The molecule has 2 rings (SSSR count). The van der Waals surface area contributed by atoms with Crippen LogP contribution >= 0.6 is 0 Å². The second kappa shape index (κ2) is 6.36. The molecule has 98 valence electrons. The minimum atomic E-state index is 0.206. The molecule has 2 N–H and O–H groups in total. The van der Waals surface area contributed by atoms with Gasteiger partial charge in [0.1, 0.15) is 0 Å². The summed E-state index contributed by atoms with van der Waals surface area (Å²) in [6.45, 7) is 5.92. The summed E-state index contributed by atoms with van der Waals surface area (Å²) < 4.78 is 5.31. The molecule has 2 heterocycles. The highest BCUT2D eigenvalue weighted by molar-refractivity contribution is 5.76. The molecule has 0 bridgehead atoms. The molecule has 2 saturated heterocycles. The van der Waals surface area contributed by atoms with E-state index in [9.17, 15) is 4.79 Å². The zero-order valence-corrected chi connectivity index (χ0v) is 10.7. The normalized spacial score (nSPS) is 33.6. The zero-order chi connectivity index (χ0) is 12.1. The highest BCUT2D eigenvalue weighted by atomic mass is 16.5. The minimum Gasteiger partial charge on any atom is -0.381 e.